The number of aromatic hydroxyl groups is 1. The third-order valence-corrected chi connectivity index (χ3v) is 4.59. The quantitative estimate of drug-likeness (QED) is 0.137. The van der Waals surface area contributed by atoms with Crippen LogP contribution in [-0.4, -0.2) is 57.1 Å². The van der Waals surface area contributed by atoms with Crippen LogP contribution in [0, 0.1) is 0 Å². The van der Waals surface area contributed by atoms with Gasteiger partial charge >= 0.3 is 0 Å². The lowest BCUT2D eigenvalue weighted by atomic mass is 9.95. The summed E-state index contributed by atoms with van der Waals surface area (Å²) in [5.74, 6) is 0.629. The zero-order valence-electron chi connectivity index (χ0n) is 21.2. The van der Waals surface area contributed by atoms with Crippen LogP contribution in [0.3, 0.4) is 0 Å². The number of ether oxygens (including phenoxy) is 2. The number of carbonyl (C=O) groups excluding carboxylic acids is 2. The minimum absolute atomic E-state index is 0.0335. The molecular weight excluding hydrogens is 432 g/mol. The molecule has 0 aliphatic rings. The summed E-state index contributed by atoms with van der Waals surface area (Å²) in [5, 5.41) is 13.6. The first-order chi connectivity index (χ1) is 16.3. The van der Waals surface area contributed by atoms with Crippen LogP contribution in [0.25, 0.3) is 5.57 Å². The third-order valence-electron chi connectivity index (χ3n) is 4.59. The molecule has 0 heterocycles. The van der Waals surface area contributed by atoms with Gasteiger partial charge in [-0.05, 0) is 50.9 Å². The topological polar surface area (TPSA) is 88.1 Å². The van der Waals surface area contributed by atoms with Crippen LogP contribution in [-0.2, 0) is 20.9 Å². The number of hydrogen-bond acceptors (Lipinski definition) is 7. The van der Waals surface area contributed by atoms with Crippen molar-refractivity contribution >= 4 is 18.3 Å². The molecule has 0 amide bonds. The Balaban J connectivity index is 0.00000529. The van der Waals surface area contributed by atoms with Crippen molar-refractivity contribution in [1.29, 1.82) is 0 Å². The van der Waals surface area contributed by atoms with Crippen LogP contribution in [0.5, 0.6) is 11.5 Å². The zero-order chi connectivity index (χ0) is 26.1. The number of benzene rings is 1. The molecule has 0 bridgehead atoms. The van der Waals surface area contributed by atoms with Crippen molar-refractivity contribution in [2.45, 2.75) is 27.3 Å². The number of aldehydes is 1. The van der Waals surface area contributed by atoms with E-state index in [1.807, 2.05) is 39.8 Å². The van der Waals surface area contributed by atoms with Crippen LogP contribution in [0.2, 0.25) is 0 Å². The summed E-state index contributed by atoms with van der Waals surface area (Å²) in [6, 6.07) is 3.03. The molecule has 0 spiro atoms. The lowest BCUT2D eigenvalue weighted by molar-refractivity contribution is -0.120. The number of allylic oxidation sites excluding steroid dienone is 7. The summed E-state index contributed by atoms with van der Waals surface area (Å²) in [4.78, 5) is 25.1. The normalized spacial score (nSPS) is 11.9. The van der Waals surface area contributed by atoms with Crippen molar-refractivity contribution in [3.05, 3.63) is 77.6 Å². The lowest BCUT2D eigenvalue weighted by Crippen LogP contribution is -2.26. The second-order valence-corrected chi connectivity index (χ2v) is 7.06. The van der Waals surface area contributed by atoms with Gasteiger partial charge in [-0.25, -0.2) is 0 Å². The van der Waals surface area contributed by atoms with Gasteiger partial charge in [0.2, 0.25) is 0 Å². The fraction of sp³-hybridized carbons (Fsp3) is 0.333. The van der Waals surface area contributed by atoms with E-state index in [2.05, 4.69) is 18.5 Å². The molecule has 0 radical (unpaired) electrons. The highest BCUT2D eigenvalue weighted by molar-refractivity contribution is 6.00. The highest BCUT2D eigenvalue weighted by Gasteiger charge is 2.19. The minimum atomic E-state index is -0.0335. The predicted molar refractivity (Wildman–Crippen MR) is 139 cm³/mol. The maximum atomic E-state index is 11.9. The maximum Gasteiger partial charge on any atom is 0.298 e. The first-order valence-corrected chi connectivity index (χ1v) is 11.0. The van der Waals surface area contributed by atoms with Crippen molar-refractivity contribution in [3.63, 3.8) is 0 Å². The van der Waals surface area contributed by atoms with E-state index < -0.39 is 0 Å². The van der Waals surface area contributed by atoms with E-state index in [1.54, 1.807) is 30.4 Å². The SMILES string of the molecule is C=CC(/C=C(\C=O)C(=C)c1ccc(O)c(CNCCN(C)C)c1OC=O)=C(\C=C/C)OC.CC. The van der Waals surface area contributed by atoms with E-state index in [0.29, 0.717) is 40.9 Å². The Kier molecular flexibility index (Phi) is 15.4. The Morgan fingerprint density at radius 2 is 1.91 bits per heavy atom. The second kappa shape index (κ2) is 17.1. The molecule has 0 saturated heterocycles. The van der Waals surface area contributed by atoms with Gasteiger partial charge < -0.3 is 24.8 Å². The first-order valence-electron chi connectivity index (χ1n) is 11.0. The average Bonchev–Trinajstić information content (AvgIpc) is 2.84. The summed E-state index contributed by atoms with van der Waals surface area (Å²) >= 11 is 0. The lowest BCUT2D eigenvalue weighted by Gasteiger charge is -2.17. The van der Waals surface area contributed by atoms with Gasteiger partial charge in [0, 0.05) is 36.3 Å². The largest absolute Gasteiger partial charge is 0.507 e. The number of nitrogens with zero attached hydrogens (tertiary/aromatic N) is 1. The van der Waals surface area contributed by atoms with E-state index in [-0.39, 0.29) is 30.1 Å². The first kappa shape index (κ1) is 30.6. The second-order valence-electron chi connectivity index (χ2n) is 7.06. The van der Waals surface area contributed by atoms with E-state index in [0.717, 1.165) is 6.54 Å². The number of likely N-dealkylation sites (N-methyl/N-ethyl adjacent to an activating group) is 1. The van der Waals surface area contributed by atoms with Gasteiger partial charge in [0.05, 0.1) is 12.7 Å². The summed E-state index contributed by atoms with van der Waals surface area (Å²) in [6.45, 7) is 15.6. The standard InChI is InChI=1S/C25H32N2O5.C2H6/c1-7-9-24(31-6)19(8-2)14-20(16-28)18(3)21-10-11-23(30)22(25(21)32-17-29)15-26-12-13-27(4)5;1-2/h7-11,14,16-17,26,30H,2-3,12-13,15H2,1,4-6H3;1-2H3/b9-7-,20-14+,24-19-;. The Hall–Kier alpha value is -3.42. The molecule has 1 aromatic carbocycles. The number of methoxy groups -OCH3 is 1. The van der Waals surface area contributed by atoms with Crippen LogP contribution < -0.4 is 10.1 Å². The summed E-state index contributed by atoms with van der Waals surface area (Å²) in [6.07, 6.45) is 7.36. The van der Waals surface area contributed by atoms with Crippen LogP contribution >= 0.6 is 0 Å². The highest BCUT2D eigenvalue weighted by atomic mass is 16.5. The van der Waals surface area contributed by atoms with Crippen molar-refractivity contribution in [3.8, 4) is 11.5 Å². The van der Waals surface area contributed by atoms with Crippen molar-refractivity contribution in [2.75, 3.05) is 34.3 Å². The number of hydrogen-bond donors (Lipinski definition) is 2. The molecule has 2 N–H and O–H groups in total. The third kappa shape index (κ3) is 9.21. The van der Waals surface area contributed by atoms with Gasteiger partial charge in [0.25, 0.3) is 6.47 Å². The Morgan fingerprint density at radius 1 is 1.24 bits per heavy atom. The van der Waals surface area contributed by atoms with Gasteiger partial charge in [-0.2, -0.15) is 0 Å². The maximum absolute atomic E-state index is 11.9. The van der Waals surface area contributed by atoms with Crippen molar-refractivity contribution in [1.82, 2.24) is 10.2 Å². The van der Waals surface area contributed by atoms with Crippen molar-refractivity contribution < 1.29 is 24.2 Å². The van der Waals surface area contributed by atoms with Crippen LogP contribution in [0.4, 0.5) is 0 Å². The van der Waals surface area contributed by atoms with E-state index in [9.17, 15) is 14.7 Å². The van der Waals surface area contributed by atoms with Gasteiger partial charge in [0.15, 0.2) is 6.29 Å². The molecule has 0 atom stereocenters. The van der Waals surface area contributed by atoms with Gasteiger partial charge in [0.1, 0.15) is 17.3 Å². The van der Waals surface area contributed by atoms with Gasteiger partial charge in [-0.1, -0.05) is 39.2 Å². The molecule has 1 rings (SSSR count). The summed E-state index contributed by atoms with van der Waals surface area (Å²) < 4.78 is 10.6. The van der Waals surface area contributed by atoms with Crippen molar-refractivity contribution in [2.24, 2.45) is 0 Å². The smallest absolute Gasteiger partial charge is 0.298 e. The Morgan fingerprint density at radius 3 is 2.41 bits per heavy atom. The van der Waals surface area contributed by atoms with Crippen LogP contribution in [0.1, 0.15) is 31.9 Å². The molecule has 0 saturated carbocycles. The molecule has 1 aromatic rings. The molecule has 0 aliphatic carbocycles. The van der Waals surface area contributed by atoms with E-state index in [4.69, 9.17) is 9.47 Å². The van der Waals surface area contributed by atoms with E-state index in [1.165, 1.54) is 13.2 Å². The predicted octanol–water partition coefficient (Wildman–Crippen LogP) is 4.41. The number of rotatable bonds is 14. The highest BCUT2D eigenvalue weighted by Crippen LogP contribution is 2.37. The molecule has 186 valence electrons. The molecule has 0 fully saturated rings. The summed E-state index contributed by atoms with van der Waals surface area (Å²) in [7, 11) is 5.43. The average molecular weight is 471 g/mol. The molecule has 7 heteroatoms. The number of phenolic OH excluding ortho intramolecular Hbond substituents is 1. The number of carbonyl (C=O) groups is 2. The molecule has 34 heavy (non-hydrogen) atoms. The monoisotopic (exact) mass is 470 g/mol. The fourth-order valence-corrected chi connectivity index (χ4v) is 2.90. The zero-order valence-corrected chi connectivity index (χ0v) is 21.2. The number of nitrogens with one attached hydrogen (secondary N) is 1. The molecule has 7 nitrogen and oxygen atoms in total. The van der Waals surface area contributed by atoms with E-state index >= 15 is 0 Å². The molecular formula is C27H38N2O5. The summed E-state index contributed by atoms with van der Waals surface area (Å²) in [5.41, 5.74) is 1.95. The Bertz CT molecular complexity index is 927. The fourth-order valence-electron chi connectivity index (χ4n) is 2.90. The van der Waals surface area contributed by atoms with Gasteiger partial charge in [-0.3, -0.25) is 9.59 Å². The number of phenols is 1. The van der Waals surface area contributed by atoms with Crippen LogP contribution in [0.15, 0.2) is 66.5 Å². The molecule has 0 aliphatic heterocycles. The molecule has 0 unspecified atom stereocenters. The van der Waals surface area contributed by atoms with Gasteiger partial charge in [-0.15, -0.1) is 0 Å². The molecule has 0 aromatic heterocycles. The minimum Gasteiger partial charge on any atom is -0.507 e. The Labute approximate surface area is 203 Å².